The highest BCUT2D eigenvalue weighted by Crippen LogP contribution is 2.27. The molecule has 5 N–H and O–H groups in total. The summed E-state index contributed by atoms with van der Waals surface area (Å²) in [5, 5.41) is 13.1. The number of carbonyl (C=O) groups excluding carboxylic acids is 2. The lowest BCUT2D eigenvalue weighted by atomic mass is 9.99. The lowest BCUT2D eigenvalue weighted by Gasteiger charge is -2.20. The Hall–Kier alpha value is -4.83. The first-order valence-electron chi connectivity index (χ1n) is 13.4. The molecule has 42 heavy (non-hydrogen) atoms. The molecule has 1 unspecified atom stereocenters. The number of nitrogens with one attached hydrogen (secondary N) is 3. The van der Waals surface area contributed by atoms with Crippen molar-refractivity contribution < 1.29 is 9.59 Å². The van der Waals surface area contributed by atoms with E-state index in [9.17, 15) is 14.4 Å². The number of nitrogens with zero attached hydrogens (tertiary/aromatic N) is 3. The fraction of sp³-hybridized carbons (Fsp3) is 0.226. The molecule has 0 bridgehead atoms. The zero-order chi connectivity index (χ0) is 30.4. The molecule has 0 saturated heterocycles. The third-order valence-corrected chi connectivity index (χ3v) is 7.13. The summed E-state index contributed by atoms with van der Waals surface area (Å²) in [6, 6.07) is 16.4. The molecule has 4 aromatic rings. The predicted octanol–water partition coefficient (Wildman–Crippen LogP) is 3.94. The molecule has 0 aliphatic heterocycles. The van der Waals surface area contributed by atoms with E-state index in [0.29, 0.717) is 27.7 Å². The van der Waals surface area contributed by atoms with Crippen molar-refractivity contribution in [1.82, 2.24) is 25.0 Å². The molecule has 0 aliphatic rings. The molecule has 2 heterocycles. The van der Waals surface area contributed by atoms with Crippen molar-refractivity contribution in [3.05, 3.63) is 111 Å². The number of halogens is 1. The van der Waals surface area contributed by atoms with Crippen LogP contribution in [0, 0.1) is 0 Å². The van der Waals surface area contributed by atoms with Gasteiger partial charge in [-0.3, -0.25) is 19.1 Å². The number of anilines is 1. The summed E-state index contributed by atoms with van der Waals surface area (Å²) in [6.45, 7) is 3.88. The quantitative estimate of drug-likeness (QED) is 0.222. The maximum absolute atomic E-state index is 13.6. The number of amides is 2. The van der Waals surface area contributed by atoms with Crippen molar-refractivity contribution in [3.63, 3.8) is 0 Å². The average molecular weight is 588 g/mol. The molecule has 1 atom stereocenters. The van der Waals surface area contributed by atoms with Crippen molar-refractivity contribution in [2.45, 2.75) is 32.4 Å². The zero-order valence-corrected chi connectivity index (χ0v) is 24.6. The Bertz CT molecular complexity index is 1670. The minimum atomic E-state index is -0.973. The molecular weight excluding hydrogens is 554 g/mol. The summed E-state index contributed by atoms with van der Waals surface area (Å²) >= 11 is 6.60. The SMILES string of the molecule is CN/C=C(\N)c1ccc(NC(=O)C(Cc2cc(-c3ccc(=O)n(C(C)C)c3)ccc2Cl)NC(=O)c2ccnn2C)cc1. The predicted molar refractivity (Wildman–Crippen MR) is 166 cm³/mol. The Balaban J connectivity index is 1.63. The van der Waals surface area contributed by atoms with Gasteiger partial charge in [0.25, 0.3) is 11.5 Å². The summed E-state index contributed by atoms with van der Waals surface area (Å²) in [4.78, 5) is 39.0. The van der Waals surface area contributed by atoms with E-state index < -0.39 is 17.9 Å². The molecule has 4 rings (SSSR count). The van der Waals surface area contributed by atoms with Gasteiger partial charge < -0.3 is 26.3 Å². The summed E-state index contributed by atoms with van der Waals surface area (Å²) in [5.74, 6) is -0.876. The molecule has 2 aromatic carbocycles. The van der Waals surface area contributed by atoms with Gasteiger partial charge in [-0.05, 0) is 72.5 Å². The van der Waals surface area contributed by atoms with Crippen LogP contribution in [-0.2, 0) is 18.3 Å². The van der Waals surface area contributed by atoms with Crippen LogP contribution in [0.15, 0.2) is 84.1 Å². The van der Waals surface area contributed by atoms with Gasteiger partial charge in [-0.25, -0.2) is 0 Å². The monoisotopic (exact) mass is 587 g/mol. The Labute approximate surface area is 249 Å². The molecule has 2 amide bonds. The second-order valence-corrected chi connectivity index (χ2v) is 10.5. The van der Waals surface area contributed by atoms with Crippen LogP contribution in [0.3, 0.4) is 0 Å². The highest BCUT2D eigenvalue weighted by atomic mass is 35.5. The van der Waals surface area contributed by atoms with Crippen LogP contribution < -0.4 is 27.2 Å². The van der Waals surface area contributed by atoms with E-state index in [0.717, 1.165) is 16.7 Å². The highest BCUT2D eigenvalue weighted by molar-refractivity contribution is 6.31. The van der Waals surface area contributed by atoms with E-state index in [1.165, 1.54) is 16.9 Å². The first kappa shape index (κ1) is 30.1. The number of aromatic nitrogens is 3. The summed E-state index contributed by atoms with van der Waals surface area (Å²) in [5.41, 5.74) is 10.4. The number of carbonyl (C=O) groups is 2. The number of nitrogens with two attached hydrogens (primary N) is 1. The van der Waals surface area contributed by atoms with Crippen molar-refractivity contribution in [3.8, 4) is 11.1 Å². The first-order chi connectivity index (χ1) is 20.1. The van der Waals surface area contributed by atoms with Crippen LogP contribution >= 0.6 is 11.6 Å². The minimum absolute atomic E-state index is 0.00986. The van der Waals surface area contributed by atoms with E-state index in [-0.39, 0.29) is 18.0 Å². The van der Waals surface area contributed by atoms with Crippen molar-refractivity contribution in [2.24, 2.45) is 12.8 Å². The normalized spacial score (nSPS) is 12.2. The van der Waals surface area contributed by atoms with Gasteiger partial charge in [0, 0.05) is 61.9 Å². The van der Waals surface area contributed by atoms with E-state index >= 15 is 0 Å². The van der Waals surface area contributed by atoms with Gasteiger partial charge in [0.1, 0.15) is 11.7 Å². The Kier molecular flexibility index (Phi) is 9.49. The van der Waals surface area contributed by atoms with Gasteiger partial charge in [0.05, 0.1) is 5.70 Å². The second kappa shape index (κ2) is 13.2. The molecule has 0 saturated carbocycles. The molecule has 218 valence electrons. The molecule has 2 aromatic heterocycles. The number of hydrogen-bond donors (Lipinski definition) is 4. The average Bonchev–Trinajstić information content (AvgIpc) is 3.40. The minimum Gasteiger partial charge on any atom is -0.397 e. The molecule has 10 nitrogen and oxygen atoms in total. The van der Waals surface area contributed by atoms with Gasteiger partial charge in [-0.1, -0.05) is 29.8 Å². The topological polar surface area (TPSA) is 136 Å². The maximum Gasteiger partial charge on any atom is 0.270 e. The van der Waals surface area contributed by atoms with E-state index in [1.807, 2.05) is 26.0 Å². The highest BCUT2D eigenvalue weighted by Gasteiger charge is 2.25. The molecular formula is C31H34ClN7O3. The van der Waals surface area contributed by atoms with E-state index in [2.05, 4.69) is 21.0 Å². The zero-order valence-electron chi connectivity index (χ0n) is 23.9. The largest absolute Gasteiger partial charge is 0.397 e. The number of hydrogen-bond acceptors (Lipinski definition) is 6. The van der Waals surface area contributed by atoms with Crippen molar-refractivity contribution in [1.29, 1.82) is 0 Å². The van der Waals surface area contributed by atoms with Crippen LogP contribution in [0.25, 0.3) is 16.8 Å². The maximum atomic E-state index is 13.6. The number of pyridine rings is 1. The summed E-state index contributed by atoms with van der Waals surface area (Å²) in [6.07, 6.45) is 5.10. The Morgan fingerprint density at radius 3 is 2.40 bits per heavy atom. The summed E-state index contributed by atoms with van der Waals surface area (Å²) < 4.78 is 3.09. The van der Waals surface area contributed by atoms with Gasteiger partial charge in [-0.2, -0.15) is 5.10 Å². The van der Waals surface area contributed by atoms with Crippen LogP contribution in [0.5, 0.6) is 0 Å². The molecule has 0 aliphatic carbocycles. The number of rotatable bonds is 10. The van der Waals surface area contributed by atoms with Crippen LogP contribution in [0.2, 0.25) is 5.02 Å². The van der Waals surface area contributed by atoms with Crippen LogP contribution in [0.4, 0.5) is 5.69 Å². The van der Waals surface area contributed by atoms with Gasteiger partial charge in [0.15, 0.2) is 0 Å². The third-order valence-electron chi connectivity index (χ3n) is 6.76. The Morgan fingerprint density at radius 2 is 1.76 bits per heavy atom. The van der Waals surface area contributed by atoms with E-state index in [4.69, 9.17) is 17.3 Å². The smallest absolute Gasteiger partial charge is 0.270 e. The standard InChI is InChI=1S/C31H34ClN7O3/c1-19(2)39-18-22(8-12-29(39)40)21-7-11-25(32)23(15-21)16-27(37-31(42)28-13-14-35-38(28)4)30(41)36-24-9-5-20(6-10-24)26(33)17-34-3/h5-15,17-19,27,34H,16,33H2,1-4H3,(H,36,41)(H,37,42)/b26-17-. The number of aryl methyl sites for hydroxylation is 1. The van der Waals surface area contributed by atoms with Gasteiger partial charge in [-0.15, -0.1) is 0 Å². The van der Waals surface area contributed by atoms with Gasteiger partial charge >= 0.3 is 0 Å². The van der Waals surface area contributed by atoms with Crippen LogP contribution in [-0.4, -0.2) is 39.3 Å². The van der Waals surface area contributed by atoms with Crippen molar-refractivity contribution >= 4 is 34.8 Å². The lowest BCUT2D eigenvalue weighted by molar-refractivity contribution is -0.118. The molecule has 11 heteroatoms. The lowest BCUT2D eigenvalue weighted by Crippen LogP contribution is -2.45. The molecule has 0 fully saturated rings. The molecule has 0 spiro atoms. The number of benzene rings is 2. The third kappa shape index (κ3) is 7.08. The second-order valence-electron chi connectivity index (χ2n) is 10.1. The van der Waals surface area contributed by atoms with E-state index in [1.54, 1.807) is 73.5 Å². The molecule has 0 radical (unpaired) electrons. The fourth-order valence-corrected chi connectivity index (χ4v) is 4.66. The Morgan fingerprint density at radius 1 is 1.05 bits per heavy atom. The first-order valence-corrected chi connectivity index (χ1v) is 13.8. The fourth-order valence-electron chi connectivity index (χ4n) is 4.46. The summed E-state index contributed by atoms with van der Waals surface area (Å²) in [7, 11) is 3.41. The van der Waals surface area contributed by atoms with Crippen LogP contribution in [0.1, 0.15) is 41.5 Å². The van der Waals surface area contributed by atoms with Crippen molar-refractivity contribution in [2.75, 3.05) is 12.4 Å². The van der Waals surface area contributed by atoms with Gasteiger partial charge in [0.2, 0.25) is 5.91 Å².